The Kier molecular flexibility index (Phi) is 3.48. The van der Waals surface area contributed by atoms with Crippen LogP contribution in [-0.4, -0.2) is 11.7 Å². The summed E-state index contributed by atoms with van der Waals surface area (Å²) in [4.78, 5) is 28.0. The summed E-state index contributed by atoms with van der Waals surface area (Å²) in [5.74, 6) is -0.857. The molecule has 0 spiro atoms. The molecule has 0 unspecified atom stereocenters. The predicted molar refractivity (Wildman–Crippen MR) is 83.4 cm³/mol. The van der Waals surface area contributed by atoms with E-state index in [1.165, 1.54) is 4.88 Å². The van der Waals surface area contributed by atoms with E-state index in [1.54, 1.807) is 28.4 Å². The Labute approximate surface area is 129 Å². The molecule has 1 amide bonds. The number of nitrogens with zero attached hydrogens (tertiary/aromatic N) is 1. The number of halogens is 1. The number of aryl methyl sites for hydroxylation is 1. The second-order valence-corrected chi connectivity index (χ2v) is 6.77. The number of Topliss-reactive ketones (excluding diaryl/α,β-unsaturated/α-hetero) is 1. The maximum atomic E-state index is 12.1. The van der Waals surface area contributed by atoms with E-state index < -0.39 is 11.7 Å². The van der Waals surface area contributed by atoms with Crippen molar-refractivity contribution in [2.75, 3.05) is 4.90 Å². The third kappa shape index (κ3) is 2.21. The number of rotatable bonds is 3. The Balaban J connectivity index is 1.96. The fraction of sp³-hybridized carbons (Fsp3) is 0.200. The lowest BCUT2D eigenvalue weighted by Crippen LogP contribution is -2.28. The van der Waals surface area contributed by atoms with Crippen molar-refractivity contribution in [2.45, 2.75) is 19.9 Å². The average molecular weight is 350 g/mol. The number of thiophene rings is 1. The van der Waals surface area contributed by atoms with Crippen LogP contribution >= 0.6 is 27.3 Å². The molecule has 0 saturated carbocycles. The van der Waals surface area contributed by atoms with E-state index in [0.29, 0.717) is 17.8 Å². The van der Waals surface area contributed by atoms with Crippen molar-refractivity contribution in [3.63, 3.8) is 0 Å². The van der Waals surface area contributed by atoms with Crippen LogP contribution in [0.5, 0.6) is 0 Å². The SMILES string of the molecule is CCc1ccc(CN2C(=O)C(=O)c3ccc(Br)cc32)s1. The number of carbonyl (C=O) groups is 2. The van der Waals surface area contributed by atoms with Crippen molar-refractivity contribution in [3.05, 3.63) is 50.1 Å². The van der Waals surface area contributed by atoms with Crippen LogP contribution in [0.3, 0.4) is 0 Å². The van der Waals surface area contributed by atoms with Crippen LogP contribution in [0.2, 0.25) is 0 Å². The Morgan fingerprint density at radius 3 is 2.60 bits per heavy atom. The Hall–Kier alpha value is -1.46. The van der Waals surface area contributed by atoms with Gasteiger partial charge in [-0.1, -0.05) is 22.9 Å². The standard InChI is InChI=1S/C15H12BrNO2S/c1-2-10-4-5-11(20-10)8-17-13-7-9(16)3-6-12(13)14(18)15(17)19/h3-7H,2,8H2,1H3. The van der Waals surface area contributed by atoms with Gasteiger partial charge in [0.1, 0.15) is 0 Å². The van der Waals surface area contributed by atoms with E-state index in [0.717, 1.165) is 15.8 Å². The summed E-state index contributed by atoms with van der Waals surface area (Å²) >= 11 is 5.07. The Morgan fingerprint density at radius 1 is 1.15 bits per heavy atom. The zero-order valence-corrected chi connectivity index (χ0v) is 13.3. The van der Waals surface area contributed by atoms with Crippen molar-refractivity contribution in [3.8, 4) is 0 Å². The van der Waals surface area contributed by atoms with Gasteiger partial charge in [0.05, 0.1) is 17.8 Å². The van der Waals surface area contributed by atoms with Gasteiger partial charge in [0.25, 0.3) is 11.7 Å². The van der Waals surface area contributed by atoms with E-state index in [1.807, 2.05) is 12.1 Å². The summed E-state index contributed by atoms with van der Waals surface area (Å²) in [5.41, 5.74) is 1.19. The Morgan fingerprint density at radius 2 is 1.90 bits per heavy atom. The molecule has 1 aromatic heterocycles. The van der Waals surface area contributed by atoms with E-state index in [9.17, 15) is 9.59 Å². The third-order valence-corrected chi connectivity index (χ3v) is 5.02. The monoisotopic (exact) mass is 349 g/mol. The smallest absolute Gasteiger partial charge is 0.299 e. The fourth-order valence-electron chi connectivity index (χ4n) is 2.28. The Bertz CT molecular complexity index is 708. The average Bonchev–Trinajstić information content (AvgIpc) is 2.98. The van der Waals surface area contributed by atoms with Crippen molar-refractivity contribution >= 4 is 44.6 Å². The van der Waals surface area contributed by atoms with Gasteiger partial charge in [-0.25, -0.2) is 0 Å². The molecule has 1 aliphatic rings. The van der Waals surface area contributed by atoms with Crippen LogP contribution in [0, 0.1) is 0 Å². The molecule has 3 rings (SSSR count). The van der Waals surface area contributed by atoms with Crippen LogP contribution in [-0.2, 0) is 17.8 Å². The minimum Gasteiger partial charge on any atom is -0.299 e. The molecule has 0 radical (unpaired) electrons. The number of anilines is 1. The second-order valence-electron chi connectivity index (χ2n) is 4.60. The lowest BCUT2D eigenvalue weighted by molar-refractivity contribution is -0.114. The minimum atomic E-state index is -0.440. The number of carbonyl (C=O) groups excluding carboxylic acids is 2. The predicted octanol–water partition coefficient (Wildman–Crippen LogP) is 3.80. The quantitative estimate of drug-likeness (QED) is 0.790. The van der Waals surface area contributed by atoms with Gasteiger partial charge in [0.15, 0.2) is 0 Å². The topological polar surface area (TPSA) is 37.4 Å². The van der Waals surface area contributed by atoms with Gasteiger partial charge in [-0.05, 0) is 36.8 Å². The highest BCUT2D eigenvalue weighted by Gasteiger charge is 2.35. The van der Waals surface area contributed by atoms with Gasteiger partial charge in [-0.3, -0.25) is 14.5 Å². The van der Waals surface area contributed by atoms with Crippen molar-refractivity contribution in [1.29, 1.82) is 0 Å². The molecule has 2 aromatic rings. The number of hydrogen-bond donors (Lipinski definition) is 0. The summed E-state index contributed by atoms with van der Waals surface area (Å²) in [6.45, 7) is 2.56. The number of amides is 1. The number of ketones is 1. The molecule has 0 fully saturated rings. The maximum absolute atomic E-state index is 12.1. The van der Waals surface area contributed by atoms with Crippen molar-refractivity contribution in [1.82, 2.24) is 0 Å². The van der Waals surface area contributed by atoms with Crippen LogP contribution in [0.15, 0.2) is 34.8 Å². The number of fused-ring (bicyclic) bond motifs is 1. The van der Waals surface area contributed by atoms with Crippen LogP contribution in [0.25, 0.3) is 0 Å². The van der Waals surface area contributed by atoms with Gasteiger partial charge >= 0.3 is 0 Å². The minimum absolute atomic E-state index is 0.417. The van der Waals surface area contributed by atoms with Crippen LogP contribution in [0.1, 0.15) is 27.0 Å². The first-order valence-corrected chi connectivity index (χ1v) is 7.94. The van der Waals surface area contributed by atoms with Gasteiger partial charge < -0.3 is 0 Å². The molecule has 20 heavy (non-hydrogen) atoms. The second kappa shape index (κ2) is 5.14. The molecule has 0 aliphatic carbocycles. The molecular formula is C15H12BrNO2S. The van der Waals surface area contributed by atoms with E-state index in [2.05, 4.69) is 28.9 Å². The first kappa shape index (κ1) is 13.5. The summed E-state index contributed by atoms with van der Waals surface area (Å²) in [5, 5.41) is 0. The largest absolute Gasteiger partial charge is 0.299 e. The van der Waals surface area contributed by atoms with E-state index in [-0.39, 0.29) is 0 Å². The summed E-state index contributed by atoms with van der Waals surface area (Å²) < 4.78 is 0.865. The molecule has 2 heterocycles. The highest BCUT2D eigenvalue weighted by molar-refractivity contribution is 9.10. The van der Waals surface area contributed by atoms with Crippen molar-refractivity contribution in [2.24, 2.45) is 0 Å². The van der Waals surface area contributed by atoms with E-state index >= 15 is 0 Å². The molecule has 1 aromatic carbocycles. The maximum Gasteiger partial charge on any atom is 0.299 e. The molecular weight excluding hydrogens is 338 g/mol. The molecule has 5 heteroatoms. The van der Waals surface area contributed by atoms with Crippen molar-refractivity contribution < 1.29 is 9.59 Å². The lowest BCUT2D eigenvalue weighted by Gasteiger charge is -2.15. The molecule has 3 nitrogen and oxygen atoms in total. The zero-order chi connectivity index (χ0) is 14.3. The number of benzene rings is 1. The van der Waals surface area contributed by atoms with Gasteiger partial charge in [0, 0.05) is 14.2 Å². The third-order valence-electron chi connectivity index (χ3n) is 3.31. The fourth-order valence-corrected chi connectivity index (χ4v) is 3.57. The first-order chi connectivity index (χ1) is 9.60. The normalized spacial score (nSPS) is 14.0. The van der Waals surface area contributed by atoms with Gasteiger partial charge in [-0.15, -0.1) is 11.3 Å². The molecule has 0 saturated heterocycles. The van der Waals surface area contributed by atoms with Crippen LogP contribution in [0.4, 0.5) is 5.69 Å². The lowest BCUT2D eigenvalue weighted by atomic mass is 10.1. The molecule has 0 N–H and O–H groups in total. The van der Waals surface area contributed by atoms with Gasteiger partial charge in [0.2, 0.25) is 0 Å². The highest BCUT2D eigenvalue weighted by atomic mass is 79.9. The zero-order valence-electron chi connectivity index (χ0n) is 10.9. The highest BCUT2D eigenvalue weighted by Crippen LogP contribution is 2.33. The molecule has 0 bridgehead atoms. The molecule has 0 atom stereocenters. The van der Waals surface area contributed by atoms with Crippen LogP contribution < -0.4 is 4.90 Å². The summed E-state index contributed by atoms with van der Waals surface area (Å²) in [6, 6.07) is 9.41. The summed E-state index contributed by atoms with van der Waals surface area (Å²) in [6.07, 6.45) is 0.986. The van der Waals surface area contributed by atoms with Gasteiger partial charge in [-0.2, -0.15) is 0 Å². The summed E-state index contributed by atoms with van der Waals surface area (Å²) in [7, 11) is 0. The van der Waals surface area contributed by atoms with E-state index in [4.69, 9.17) is 0 Å². The molecule has 1 aliphatic heterocycles. The molecule has 102 valence electrons. The number of hydrogen-bond acceptors (Lipinski definition) is 3. The first-order valence-electron chi connectivity index (χ1n) is 6.33.